The Hall–Kier alpha value is -1.69. The largest absolute Gasteiger partial charge is 0.507 e. The quantitative estimate of drug-likeness (QED) is 0.901. The smallest absolute Gasteiger partial charge is 0.260 e. The molecule has 0 radical (unpaired) electrons. The van der Waals surface area contributed by atoms with Gasteiger partial charge in [0.15, 0.2) is 0 Å². The highest BCUT2D eigenvalue weighted by molar-refractivity contribution is 5.97. The molecule has 0 aliphatic carbocycles. The van der Waals surface area contributed by atoms with Crippen molar-refractivity contribution < 1.29 is 18.7 Å². The highest BCUT2D eigenvalue weighted by atomic mass is 19.1. The van der Waals surface area contributed by atoms with Crippen LogP contribution in [0.1, 0.15) is 23.2 Å². The van der Waals surface area contributed by atoms with E-state index in [2.05, 4.69) is 4.90 Å². The average Bonchev–Trinajstić information content (AvgIpc) is 2.37. The summed E-state index contributed by atoms with van der Waals surface area (Å²) in [4.78, 5) is 15.8. The van der Waals surface area contributed by atoms with E-state index in [9.17, 15) is 18.7 Å². The molecule has 0 aromatic heterocycles. The van der Waals surface area contributed by atoms with Gasteiger partial charge in [0.1, 0.15) is 22.9 Å². The minimum atomic E-state index is -1.03. The number of rotatable bonds is 2. The first kappa shape index (κ1) is 14.7. The zero-order valence-electron chi connectivity index (χ0n) is 11.6. The van der Waals surface area contributed by atoms with Gasteiger partial charge in [-0.1, -0.05) is 0 Å². The van der Waals surface area contributed by atoms with Crippen molar-refractivity contribution in [2.45, 2.75) is 18.9 Å². The number of amides is 1. The molecule has 1 aliphatic rings. The first-order valence-corrected chi connectivity index (χ1v) is 6.54. The van der Waals surface area contributed by atoms with Crippen molar-refractivity contribution >= 4 is 5.91 Å². The van der Waals surface area contributed by atoms with Crippen molar-refractivity contribution in [2.75, 3.05) is 27.2 Å². The number of likely N-dealkylation sites (tertiary alicyclic amines) is 1. The second kappa shape index (κ2) is 5.75. The summed E-state index contributed by atoms with van der Waals surface area (Å²) in [5.41, 5.74) is -0.449. The van der Waals surface area contributed by atoms with Gasteiger partial charge in [-0.3, -0.25) is 4.79 Å². The number of piperidine rings is 1. The van der Waals surface area contributed by atoms with Crippen LogP contribution in [-0.4, -0.2) is 54.0 Å². The molecule has 110 valence electrons. The number of hydrogen-bond acceptors (Lipinski definition) is 3. The minimum absolute atomic E-state index is 0.394. The number of hydrogen-bond donors (Lipinski definition) is 1. The summed E-state index contributed by atoms with van der Waals surface area (Å²) in [5.74, 6) is -3.16. The topological polar surface area (TPSA) is 43.8 Å². The van der Waals surface area contributed by atoms with Gasteiger partial charge in [-0.25, -0.2) is 8.78 Å². The van der Waals surface area contributed by atoms with Gasteiger partial charge in [0.2, 0.25) is 0 Å². The molecule has 0 unspecified atom stereocenters. The fourth-order valence-corrected chi connectivity index (χ4v) is 2.52. The zero-order valence-corrected chi connectivity index (χ0v) is 11.6. The summed E-state index contributed by atoms with van der Waals surface area (Å²) in [7, 11) is 3.96. The number of phenols is 1. The molecule has 1 aliphatic heterocycles. The van der Waals surface area contributed by atoms with Crippen molar-refractivity contribution in [3.05, 3.63) is 29.3 Å². The Morgan fingerprint density at radius 2 is 1.90 bits per heavy atom. The van der Waals surface area contributed by atoms with Crippen LogP contribution in [0.4, 0.5) is 8.78 Å². The molecular formula is C14H18F2N2O2. The fraction of sp³-hybridized carbons (Fsp3) is 0.500. The van der Waals surface area contributed by atoms with Crippen LogP contribution in [0, 0.1) is 11.6 Å². The average molecular weight is 284 g/mol. The van der Waals surface area contributed by atoms with Gasteiger partial charge in [0.05, 0.1) is 0 Å². The van der Waals surface area contributed by atoms with Crippen LogP contribution >= 0.6 is 0 Å². The van der Waals surface area contributed by atoms with Gasteiger partial charge < -0.3 is 14.9 Å². The van der Waals surface area contributed by atoms with E-state index >= 15 is 0 Å². The summed E-state index contributed by atoms with van der Waals surface area (Å²) in [6, 6.07) is 1.76. The van der Waals surface area contributed by atoms with Crippen LogP contribution in [0.2, 0.25) is 0 Å². The van der Waals surface area contributed by atoms with E-state index in [0.29, 0.717) is 25.2 Å². The highest BCUT2D eigenvalue weighted by Crippen LogP contribution is 2.25. The van der Waals surface area contributed by atoms with Gasteiger partial charge >= 0.3 is 0 Å². The number of phenolic OH excluding ortho intramolecular Hbond substituents is 1. The molecule has 0 spiro atoms. The van der Waals surface area contributed by atoms with E-state index in [-0.39, 0.29) is 0 Å². The normalized spacial score (nSPS) is 16.8. The van der Waals surface area contributed by atoms with Crippen molar-refractivity contribution in [1.29, 1.82) is 0 Å². The number of benzene rings is 1. The molecule has 0 saturated carbocycles. The van der Waals surface area contributed by atoms with Crippen molar-refractivity contribution in [2.24, 2.45) is 0 Å². The van der Waals surface area contributed by atoms with Gasteiger partial charge in [-0.15, -0.1) is 0 Å². The molecule has 0 bridgehead atoms. The van der Waals surface area contributed by atoms with E-state index in [1.54, 1.807) is 0 Å². The maximum absolute atomic E-state index is 13.7. The van der Waals surface area contributed by atoms with Crippen LogP contribution in [0.3, 0.4) is 0 Å². The minimum Gasteiger partial charge on any atom is -0.507 e. The van der Waals surface area contributed by atoms with Gasteiger partial charge in [0, 0.05) is 31.3 Å². The lowest BCUT2D eigenvalue weighted by Gasteiger charge is -2.35. The summed E-state index contributed by atoms with van der Waals surface area (Å²) in [5, 5.41) is 9.58. The van der Waals surface area contributed by atoms with Gasteiger partial charge in [0.25, 0.3) is 5.91 Å². The standard InChI is InChI=1S/C14H18F2N2O2/c1-17(2)10-3-5-18(6-4-10)14(20)13-11(16)7-9(15)8-12(13)19/h7-8,10,19H,3-6H2,1-2H3. The number of carbonyl (C=O) groups excluding carboxylic acids is 1. The van der Waals surface area contributed by atoms with Crippen molar-refractivity contribution in [1.82, 2.24) is 9.80 Å². The first-order valence-electron chi connectivity index (χ1n) is 6.54. The SMILES string of the molecule is CN(C)C1CCN(C(=O)c2c(O)cc(F)cc2F)CC1. The Bertz CT molecular complexity index is 489. The summed E-state index contributed by atoms with van der Waals surface area (Å²) < 4.78 is 26.6. The molecule has 4 nitrogen and oxygen atoms in total. The van der Waals surface area contributed by atoms with Crippen molar-refractivity contribution in [3.8, 4) is 5.75 Å². The molecule has 1 saturated heterocycles. The molecule has 1 heterocycles. The maximum Gasteiger partial charge on any atom is 0.260 e. The molecular weight excluding hydrogens is 266 g/mol. The predicted molar refractivity (Wildman–Crippen MR) is 70.6 cm³/mol. The molecule has 6 heteroatoms. The number of nitrogens with zero attached hydrogens (tertiary/aromatic N) is 2. The van der Waals surface area contributed by atoms with Crippen LogP contribution in [0.25, 0.3) is 0 Å². The predicted octanol–water partition coefficient (Wildman–Crippen LogP) is 1.84. The molecule has 1 amide bonds. The van der Waals surface area contributed by atoms with Crippen LogP contribution in [0.15, 0.2) is 12.1 Å². The molecule has 1 N–H and O–H groups in total. The van der Waals surface area contributed by atoms with Crippen molar-refractivity contribution in [3.63, 3.8) is 0 Å². The Balaban J connectivity index is 2.14. The molecule has 1 aromatic carbocycles. The maximum atomic E-state index is 13.7. The second-order valence-electron chi connectivity index (χ2n) is 5.27. The van der Waals surface area contributed by atoms with Gasteiger partial charge in [-0.05, 0) is 26.9 Å². The summed E-state index contributed by atoms with van der Waals surface area (Å²) in [6.07, 6.45) is 1.59. The lowest BCUT2D eigenvalue weighted by atomic mass is 10.0. The Morgan fingerprint density at radius 1 is 1.30 bits per heavy atom. The monoisotopic (exact) mass is 284 g/mol. The Labute approximate surface area is 116 Å². The summed E-state index contributed by atoms with van der Waals surface area (Å²) in [6.45, 7) is 0.996. The van der Waals surface area contributed by atoms with Crippen LogP contribution in [0.5, 0.6) is 5.75 Å². The lowest BCUT2D eigenvalue weighted by molar-refractivity contribution is 0.0655. The number of aromatic hydroxyl groups is 1. The van der Waals surface area contributed by atoms with E-state index < -0.39 is 28.9 Å². The third kappa shape index (κ3) is 2.90. The molecule has 0 atom stereocenters. The van der Waals surface area contributed by atoms with E-state index in [4.69, 9.17) is 0 Å². The third-order valence-corrected chi connectivity index (χ3v) is 3.73. The van der Waals surface area contributed by atoms with E-state index in [1.807, 2.05) is 14.1 Å². The van der Waals surface area contributed by atoms with Gasteiger partial charge in [-0.2, -0.15) is 0 Å². The van der Waals surface area contributed by atoms with E-state index in [0.717, 1.165) is 18.9 Å². The van der Waals surface area contributed by atoms with E-state index in [1.165, 1.54) is 4.90 Å². The Kier molecular flexibility index (Phi) is 4.23. The lowest BCUT2D eigenvalue weighted by Crippen LogP contribution is -2.44. The number of carbonyl (C=O) groups is 1. The summed E-state index contributed by atoms with van der Waals surface area (Å²) >= 11 is 0. The van der Waals surface area contributed by atoms with Crippen LogP contribution < -0.4 is 0 Å². The van der Waals surface area contributed by atoms with Crippen LogP contribution in [-0.2, 0) is 0 Å². The number of halogens is 2. The molecule has 1 aromatic rings. The third-order valence-electron chi connectivity index (χ3n) is 3.73. The zero-order chi connectivity index (χ0) is 14.9. The molecule has 1 fully saturated rings. The molecule has 2 rings (SSSR count). The first-order chi connectivity index (χ1) is 9.40. The fourth-order valence-electron chi connectivity index (χ4n) is 2.52. The second-order valence-corrected chi connectivity index (χ2v) is 5.27. The Morgan fingerprint density at radius 3 is 2.40 bits per heavy atom. The highest BCUT2D eigenvalue weighted by Gasteiger charge is 2.28. The molecule has 20 heavy (non-hydrogen) atoms.